The lowest BCUT2D eigenvalue weighted by molar-refractivity contribution is 0.220. The van der Waals surface area contributed by atoms with Gasteiger partial charge in [0.15, 0.2) is 0 Å². The van der Waals surface area contributed by atoms with Crippen molar-refractivity contribution >= 4 is 151 Å². The second-order valence-corrected chi connectivity index (χ2v) is 52.1. The van der Waals surface area contributed by atoms with Gasteiger partial charge in [0.25, 0.3) is 37.1 Å². The average Bonchev–Trinajstić information content (AvgIpc) is 0.789. The van der Waals surface area contributed by atoms with E-state index in [1.54, 1.807) is 0 Å². The summed E-state index contributed by atoms with van der Waals surface area (Å²) in [4.78, 5) is 0. The molecule has 92 heavy (non-hydrogen) atoms. The van der Waals surface area contributed by atoms with Crippen LogP contribution in [0.2, 0.25) is 76.6 Å². The largest absolute Gasteiger partial charge is 0.420 e. The fourth-order valence-corrected chi connectivity index (χ4v) is 48.9. The van der Waals surface area contributed by atoms with Crippen LogP contribution in [0.1, 0.15) is 53.5 Å². The lowest BCUT2D eigenvalue weighted by Crippen LogP contribution is -2.67. The Labute approximate surface area is 568 Å². The minimum atomic E-state index is -2.84. The zero-order valence-electron chi connectivity index (χ0n) is 56.4. The maximum atomic E-state index is 7.78. The van der Waals surface area contributed by atoms with Crippen molar-refractivity contribution < 1.29 is 32.9 Å². The Hall–Kier alpha value is -4.05. The van der Waals surface area contributed by atoms with E-state index in [0.717, 1.165) is 82.0 Å². The number of rotatable bonds is 18. The predicted octanol–water partition coefficient (Wildman–Crippen LogP) is 19.8. The zero-order valence-corrected chi connectivity index (χ0v) is 67.2. The summed E-state index contributed by atoms with van der Waals surface area (Å²) in [6.45, 7) is 21.3. The van der Waals surface area contributed by atoms with E-state index in [-0.39, 0.29) is 0 Å². The molecule has 2 heterocycles. The van der Waals surface area contributed by atoms with Crippen LogP contribution in [-0.4, -0.2) is 72.7 Å². The third kappa shape index (κ3) is 21.0. The molecular weight excluding hydrogens is 1320 g/mol. The molecule has 2 saturated heterocycles. The third-order valence-electron chi connectivity index (χ3n) is 17.3. The number of fused-ring (bicyclic) bond motifs is 5. The number of benzene rings is 10. The van der Waals surface area contributed by atoms with Crippen LogP contribution in [0.5, 0.6) is 0 Å². The number of allylic oxidation sites excluding steroid dienone is 1. The molecule has 0 bridgehead atoms. The molecule has 0 amide bonds. The molecule has 0 N–H and O–H groups in total. The highest BCUT2D eigenvalue weighted by atomic mass is 32.4. The summed E-state index contributed by atoms with van der Waals surface area (Å²) in [6.07, 6.45) is 10.8. The van der Waals surface area contributed by atoms with Gasteiger partial charge in [-0.3, -0.25) is 0 Å². The normalized spacial score (nSPS) is 23.6. The van der Waals surface area contributed by atoms with Crippen LogP contribution in [0.25, 0.3) is 53.9 Å². The topological polar surface area (TPSA) is 73.8 Å². The van der Waals surface area contributed by atoms with Gasteiger partial charge in [0.05, 0.1) is 1.28 Å². The van der Waals surface area contributed by atoms with Crippen molar-refractivity contribution in [3.63, 3.8) is 0 Å². The van der Waals surface area contributed by atoms with Crippen LogP contribution in [0.15, 0.2) is 225 Å². The van der Waals surface area contributed by atoms with Gasteiger partial charge >= 0.3 is 34.2 Å². The maximum Gasteiger partial charge on any atom is 0.317 e. The van der Waals surface area contributed by atoms with E-state index in [1.165, 1.54) is 81.7 Å². The van der Waals surface area contributed by atoms with E-state index < -0.39 is 79.3 Å². The van der Waals surface area contributed by atoms with Gasteiger partial charge in [0.2, 0.25) is 0 Å². The van der Waals surface area contributed by atoms with E-state index in [1.807, 2.05) is 32.3 Å². The fraction of sp³-hybridized carbons (Fsp3) is 0.288. The van der Waals surface area contributed by atoms with Gasteiger partial charge in [-0.2, -0.15) is 0 Å². The Balaban J connectivity index is 0.000000287. The molecule has 2 atom stereocenters. The average molecular weight is 1420 g/mol. The molecular formula is C73H97O8P3Si8. The first-order valence-corrected chi connectivity index (χ1v) is 55.6. The molecule has 2 aliphatic rings. The predicted molar refractivity (Wildman–Crippen MR) is 421 cm³/mol. The third-order valence-corrected chi connectivity index (χ3v) is 48.5. The van der Waals surface area contributed by atoms with Crippen LogP contribution in [0.4, 0.5) is 0 Å². The first kappa shape index (κ1) is 70.7. The number of aryl methyl sites for hydroxylation is 4. The molecule has 10 aromatic carbocycles. The molecule has 8 nitrogen and oxygen atoms in total. The fourth-order valence-electron chi connectivity index (χ4n) is 13.6. The summed E-state index contributed by atoms with van der Waals surface area (Å²) in [5.41, 5.74) is 6.93. The van der Waals surface area contributed by atoms with Crippen LogP contribution in [0, 0.1) is 0 Å². The van der Waals surface area contributed by atoms with Crippen molar-refractivity contribution in [2.75, 3.05) is 0 Å². The minimum absolute atomic E-state index is 0.537. The molecule has 2 fully saturated rings. The standard InChI is InChI=1S/C56H64O4Si4.C13H12.C4H16O4Si4.H5P3/c1-61(41-17-33-49-29-13-25-45-21-5-9-37-53(45)49)57-62(2,42-18-34-50-30-14-26-46-22-6-10-38-54(46)50)59-64(4,44-20-36-52-32-16-28-48-24-8-12-40-56(48)52)60-63(3,58-61)43-19-35-51-31-15-27-47-23-7-11-39-55(47)51;1-2-6-11-8-5-9-12-7-3-4-10-13(11)12;1-9-5-10(2)7-12(4)8-11(3)6-9;1-3-2/h5-16,21-32,37-40H,17-20,33-36,41-44H2,1-4H3;2-5,7-10H,1,6H2;9-12H,1-4H3;3H,1-2H2/i;;;3T. The Morgan fingerprint density at radius 3 is 0.772 bits per heavy atom. The Morgan fingerprint density at radius 2 is 0.543 bits per heavy atom. The summed E-state index contributed by atoms with van der Waals surface area (Å²) in [7, 11) is -12.9. The van der Waals surface area contributed by atoms with Crippen molar-refractivity contribution in [2.45, 2.75) is 134 Å². The molecule has 19 heteroatoms. The van der Waals surface area contributed by atoms with Gasteiger partial charge < -0.3 is 32.9 Å². The number of hydrogen-bond donors (Lipinski definition) is 0. The quantitative estimate of drug-likeness (QED) is 0.0478. The van der Waals surface area contributed by atoms with E-state index in [4.69, 9.17) is 34.2 Å². The summed E-state index contributed by atoms with van der Waals surface area (Å²) < 4.78 is 60.3. The van der Waals surface area contributed by atoms with Gasteiger partial charge in [-0.25, -0.2) is 0 Å². The van der Waals surface area contributed by atoms with Crippen molar-refractivity contribution in [1.82, 2.24) is 0 Å². The van der Waals surface area contributed by atoms with E-state index >= 15 is 0 Å². The minimum Gasteiger partial charge on any atom is -0.420 e. The zero-order chi connectivity index (χ0) is 65.9. The second-order valence-electron chi connectivity index (χ2n) is 25.0. The first-order chi connectivity index (χ1) is 44.8. The van der Waals surface area contributed by atoms with Crippen molar-refractivity contribution in [3.05, 3.63) is 253 Å². The monoisotopic (exact) mass is 1420 g/mol. The van der Waals surface area contributed by atoms with Crippen LogP contribution < -0.4 is 0 Å². The Morgan fingerprint density at radius 1 is 0.348 bits per heavy atom. The first-order valence-electron chi connectivity index (χ1n) is 33.4. The number of hydrogen-bond acceptors (Lipinski definition) is 8. The molecule has 0 aromatic heterocycles. The van der Waals surface area contributed by atoms with E-state index in [9.17, 15) is 0 Å². The molecule has 2 aliphatic heterocycles. The smallest absolute Gasteiger partial charge is 0.317 e. The summed E-state index contributed by atoms with van der Waals surface area (Å²) in [5, 5.41) is 13.2. The second kappa shape index (κ2) is 35.3. The highest BCUT2D eigenvalue weighted by molar-refractivity contribution is 8.33. The molecule has 0 spiro atoms. The highest BCUT2D eigenvalue weighted by Gasteiger charge is 2.56. The van der Waals surface area contributed by atoms with Crippen LogP contribution >= 0.6 is 25.8 Å². The maximum absolute atomic E-state index is 7.78. The molecule has 0 radical (unpaired) electrons. The molecule has 2 unspecified atom stereocenters. The summed E-state index contributed by atoms with van der Waals surface area (Å²) >= 11 is 0. The lowest BCUT2D eigenvalue weighted by atomic mass is 10.0. The summed E-state index contributed by atoms with van der Waals surface area (Å²) in [6, 6.07) is 80.4. The van der Waals surface area contributed by atoms with Crippen LogP contribution in [0.3, 0.4) is 0 Å². The lowest BCUT2D eigenvalue weighted by Gasteiger charge is -2.50. The molecule has 484 valence electrons. The van der Waals surface area contributed by atoms with Gasteiger partial charge in [-0.1, -0.05) is 226 Å². The van der Waals surface area contributed by atoms with Crippen molar-refractivity contribution in [1.29, 1.82) is 1.28 Å². The molecule has 0 saturated carbocycles. The molecule has 0 aliphatic carbocycles. The Kier molecular flexibility index (Phi) is 27.1. The van der Waals surface area contributed by atoms with Crippen LogP contribution in [-0.2, 0) is 65.0 Å². The molecule has 12 rings (SSSR count). The van der Waals surface area contributed by atoms with Gasteiger partial charge in [-0.15, -0.1) is 24.4 Å². The van der Waals surface area contributed by atoms with Gasteiger partial charge in [0.1, 0.15) is 0 Å². The van der Waals surface area contributed by atoms with E-state index in [0.29, 0.717) is 0 Å². The Bertz CT molecular complexity index is 3560. The highest BCUT2D eigenvalue weighted by Crippen LogP contribution is 2.41. The molecule has 10 aromatic rings. The van der Waals surface area contributed by atoms with Gasteiger partial charge in [0, 0.05) is 0 Å². The van der Waals surface area contributed by atoms with E-state index in [2.05, 4.69) is 263 Å². The van der Waals surface area contributed by atoms with Crippen molar-refractivity contribution in [3.8, 4) is 0 Å². The SMILES string of the molecule is C=CCc1cccc2ccccc12.C[SiH]1O[SiH](C)O[SiH](C)O[SiH](C)O1.C[Si]1(CCCc2cccc3ccccc23)O[Si](C)(CCCc2cccc3ccccc23)O[Si](C)(CCCc2cccc3ccccc23)O[Si](C)(CCCc2cccc3ccccc23)O1.[3H]P(P)P. The summed E-state index contributed by atoms with van der Waals surface area (Å²) in [5.74, 6) is 0. The van der Waals surface area contributed by atoms with Gasteiger partial charge in [-0.05, 0) is 216 Å². The van der Waals surface area contributed by atoms with Crippen molar-refractivity contribution in [2.24, 2.45) is 0 Å².